The van der Waals surface area contributed by atoms with Gasteiger partial charge in [-0.15, -0.1) is 0 Å². The Kier molecular flexibility index (Phi) is 3.44. The molecule has 0 aliphatic rings. The third-order valence-corrected chi connectivity index (χ3v) is 3.81. The van der Waals surface area contributed by atoms with Crippen LogP contribution >= 0.6 is 0 Å². The van der Waals surface area contributed by atoms with Gasteiger partial charge < -0.3 is 11.5 Å². The van der Waals surface area contributed by atoms with E-state index in [9.17, 15) is 0 Å². The number of benzene rings is 2. The Balaban J connectivity index is 1.95. The molecule has 0 fully saturated rings. The van der Waals surface area contributed by atoms with Crippen LogP contribution in [-0.4, -0.2) is 9.97 Å². The first-order valence-corrected chi connectivity index (χ1v) is 7.00. The summed E-state index contributed by atoms with van der Waals surface area (Å²) in [6.45, 7) is 2.07. The smallest absolute Gasteiger partial charge is 0.222 e. The number of nitrogen functional groups attached to an aromatic ring is 2. The Labute approximate surface area is 123 Å². The first kappa shape index (κ1) is 13.4. The minimum Gasteiger partial charge on any atom is -0.383 e. The molecule has 3 rings (SSSR count). The number of fused-ring (bicyclic) bond motifs is 1. The number of nitrogens with two attached hydrogens (primary N) is 2. The normalized spacial score (nSPS) is 10.9. The molecule has 4 N–H and O–H groups in total. The SMILES string of the molecule is Cc1c(CCc2ccccc2)ccc2nc(N)nc(N)c12. The fraction of sp³-hybridized carbons (Fsp3) is 0.176. The molecule has 0 bridgehead atoms. The average molecular weight is 278 g/mol. The van der Waals surface area contributed by atoms with Crippen LogP contribution in [0.3, 0.4) is 0 Å². The molecule has 0 unspecified atom stereocenters. The second kappa shape index (κ2) is 5.40. The van der Waals surface area contributed by atoms with Crippen molar-refractivity contribution in [2.24, 2.45) is 0 Å². The van der Waals surface area contributed by atoms with Crippen LogP contribution in [0.1, 0.15) is 16.7 Å². The van der Waals surface area contributed by atoms with Gasteiger partial charge in [0, 0.05) is 5.39 Å². The zero-order chi connectivity index (χ0) is 14.8. The fourth-order valence-corrected chi connectivity index (χ4v) is 2.68. The van der Waals surface area contributed by atoms with E-state index in [1.54, 1.807) is 0 Å². The predicted molar refractivity (Wildman–Crippen MR) is 86.9 cm³/mol. The van der Waals surface area contributed by atoms with E-state index < -0.39 is 0 Å². The summed E-state index contributed by atoms with van der Waals surface area (Å²) in [6, 6.07) is 14.5. The van der Waals surface area contributed by atoms with Gasteiger partial charge in [-0.3, -0.25) is 0 Å². The van der Waals surface area contributed by atoms with Gasteiger partial charge in [-0.25, -0.2) is 4.98 Å². The lowest BCUT2D eigenvalue weighted by Crippen LogP contribution is -2.03. The number of nitrogens with zero attached hydrogens (tertiary/aromatic N) is 2. The van der Waals surface area contributed by atoms with E-state index in [4.69, 9.17) is 11.5 Å². The van der Waals surface area contributed by atoms with Gasteiger partial charge in [-0.05, 0) is 42.5 Å². The molecule has 4 nitrogen and oxygen atoms in total. The summed E-state index contributed by atoms with van der Waals surface area (Å²) in [5.74, 6) is 0.674. The maximum Gasteiger partial charge on any atom is 0.222 e. The summed E-state index contributed by atoms with van der Waals surface area (Å²) < 4.78 is 0. The monoisotopic (exact) mass is 278 g/mol. The van der Waals surface area contributed by atoms with Crippen LogP contribution in [0, 0.1) is 6.92 Å². The summed E-state index contributed by atoms with van der Waals surface area (Å²) in [4.78, 5) is 8.31. The van der Waals surface area contributed by atoms with Crippen LogP contribution in [0.2, 0.25) is 0 Å². The Morgan fingerprint density at radius 3 is 2.43 bits per heavy atom. The molecule has 0 spiro atoms. The van der Waals surface area contributed by atoms with Gasteiger partial charge in [-0.1, -0.05) is 36.4 Å². The third kappa shape index (κ3) is 2.65. The van der Waals surface area contributed by atoms with Crippen molar-refractivity contribution in [3.63, 3.8) is 0 Å². The first-order chi connectivity index (χ1) is 10.1. The lowest BCUT2D eigenvalue weighted by Gasteiger charge is -2.11. The van der Waals surface area contributed by atoms with E-state index in [0.29, 0.717) is 5.82 Å². The fourth-order valence-electron chi connectivity index (χ4n) is 2.68. The molecule has 1 aromatic heterocycles. The van der Waals surface area contributed by atoms with Gasteiger partial charge >= 0.3 is 0 Å². The zero-order valence-electron chi connectivity index (χ0n) is 12.0. The number of anilines is 2. The van der Waals surface area contributed by atoms with Crippen molar-refractivity contribution in [3.8, 4) is 0 Å². The molecule has 2 aromatic carbocycles. The van der Waals surface area contributed by atoms with Crippen LogP contribution in [0.5, 0.6) is 0 Å². The number of aryl methyl sites for hydroxylation is 3. The first-order valence-electron chi connectivity index (χ1n) is 7.00. The van der Waals surface area contributed by atoms with E-state index in [2.05, 4.69) is 47.2 Å². The highest BCUT2D eigenvalue weighted by atomic mass is 15.0. The van der Waals surface area contributed by atoms with Crippen LogP contribution in [-0.2, 0) is 12.8 Å². The Bertz CT molecular complexity index is 782. The van der Waals surface area contributed by atoms with Crippen molar-refractivity contribution < 1.29 is 0 Å². The Hall–Kier alpha value is -2.62. The van der Waals surface area contributed by atoms with Gasteiger partial charge in [0.2, 0.25) is 5.95 Å². The van der Waals surface area contributed by atoms with E-state index in [1.165, 1.54) is 11.1 Å². The van der Waals surface area contributed by atoms with Crippen molar-refractivity contribution in [2.45, 2.75) is 19.8 Å². The Morgan fingerprint density at radius 2 is 1.67 bits per heavy atom. The van der Waals surface area contributed by atoms with E-state index >= 15 is 0 Å². The number of rotatable bonds is 3. The molecule has 0 aliphatic heterocycles. The van der Waals surface area contributed by atoms with Crippen LogP contribution in [0.4, 0.5) is 11.8 Å². The maximum absolute atomic E-state index is 6.00. The van der Waals surface area contributed by atoms with Gasteiger partial charge in [0.05, 0.1) is 5.52 Å². The zero-order valence-corrected chi connectivity index (χ0v) is 12.0. The molecule has 3 aromatic rings. The number of hydrogen-bond donors (Lipinski definition) is 2. The number of aromatic nitrogens is 2. The van der Waals surface area contributed by atoms with Crippen molar-refractivity contribution in [2.75, 3.05) is 11.5 Å². The molecule has 106 valence electrons. The molecule has 1 heterocycles. The van der Waals surface area contributed by atoms with Gasteiger partial charge in [0.1, 0.15) is 5.82 Å². The van der Waals surface area contributed by atoms with Gasteiger partial charge in [-0.2, -0.15) is 4.98 Å². The summed E-state index contributed by atoms with van der Waals surface area (Å²) in [6.07, 6.45) is 1.97. The van der Waals surface area contributed by atoms with Crippen LogP contribution in [0.15, 0.2) is 42.5 Å². The molecule has 0 radical (unpaired) electrons. The quantitative estimate of drug-likeness (QED) is 0.772. The molecule has 0 amide bonds. The topological polar surface area (TPSA) is 77.8 Å². The molecule has 0 atom stereocenters. The van der Waals surface area contributed by atoms with Crippen LogP contribution in [0.25, 0.3) is 10.9 Å². The highest BCUT2D eigenvalue weighted by Gasteiger charge is 2.09. The van der Waals surface area contributed by atoms with Gasteiger partial charge in [0.25, 0.3) is 0 Å². The standard InChI is InChI=1S/C17H18N4/c1-11-13(8-7-12-5-3-2-4-6-12)9-10-14-15(11)16(18)21-17(19)20-14/h2-6,9-10H,7-8H2,1H3,(H4,18,19,20,21). The molecular formula is C17H18N4. The van der Waals surface area contributed by atoms with E-state index in [1.807, 2.05) is 12.1 Å². The lowest BCUT2D eigenvalue weighted by atomic mass is 9.97. The number of hydrogen-bond acceptors (Lipinski definition) is 4. The van der Waals surface area contributed by atoms with Gasteiger partial charge in [0.15, 0.2) is 0 Å². The van der Waals surface area contributed by atoms with Crippen LogP contribution < -0.4 is 11.5 Å². The van der Waals surface area contributed by atoms with Crippen molar-refractivity contribution in [3.05, 3.63) is 59.2 Å². The van der Waals surface area contributed by atoms with Crippen molar-refractivity contribution in [1.29, 1.82) is 0 Å². The summed E-state index contributed by atoms with van der Waals surface area (Å²) in [5, 5.41) is 0.912. The van der Waals surface area contributed by atoms with Crippen molar-refractivity contribution >= 4 is 22.7 Å². The predicted octanol–water partition coefficient (Wildman–Crippen LogP) is 2.89. The molecule has 0 saturated heterocycles. The largest absolute Gasteiger partial charge is 0.383 e. The molecule has 21 heavy (non-hydrogen) atoms. The highest BCUT2D eigenvalue weighted by Crippen LogP contribution is 2.26. The Morgan fingerprint density at radius 1 is 0.905 bits per heavy atom. The molecule has 0 saturated carbocycles. The minimum absolute atomic E-state index is 0.219. The minimum atomic E-state index is 0.219. The second-order valence-corrected chi connectivity index (χ2v) is 5.20. The molecule has 4 heteroatoms. The van der Waals surface area contributed by atoms with Crippen molar-refractivity contribution in [1.82, 2.24) is 9.97 Å². The second-order valence-electron chi connectivity index (χ2n) is 5.20. The summed E-state index contributed by atoms with van der Waals surface area (Å²) in [5.41, 5.74) is 16.2. The maximum atomic E-state index is 6.00. The third-order valence-electron chi connectivity index (χ3n) is 3.81. The molecular weight excluding hydrogens is 260 g/mol. The summed E-state index contributed by atoms with van der Waals surface area (Å²) in [7, 11) is 0. The van der Waals surface area contributed by atoms with E-state index in [-0.39, 0.29) is 5.95 Å². The summed E-state index contributed by atoms with van der Waals surface area (Å²) >= 11 is 0. The van der Waals surface area contributed by atoms with E-state index in [0.717, 1.165) is 29.3 Å². The molecule has 0 aliphatic carbocycles. The highest BCUT2D eigenvalue weighted by molar-refractivity contribution is 5.92. The lowest BCUT2D eigenvalue weighted by molar-refractivity contribution is 0.952. The average Bonchev–Trinajstić information content (AvgIpc) is 2.47.